The molecule has 2 rings (SSSR count). The van der Waals surface area contributed by atoms with Gasteiger partial charge in [-0.2, -0.15) is 0 Å². The van der Waals surface area contributed by atoms with Gasteiger partial charge in [-0.25, -0.2) is 0 Å². The van der Waals surface area contributed by atoms with Crippen LogP contribution in [0, 0.1) is 6.92 Å². The Balaban J connectivity index is 2.87. The Bertz CT molecular complexity index is 443. The van der Waals surface area contributed by atoms with Crippen LogP contribution < -0.4 is 0 Å². The SMILES string of the molecule is CCc1ccc(Cl)c2c(C)csc12. The number of aryl methyl sites for hydroxylation is 2. The minimum absolute atomic E-state index is 0.881. The van der Waals surface area contributed by atoms with Gasteiger partial charge in [-0.05, 0) is 35.9 Å². The second kappa shape index (κ2) is 3.32. The van der Waals surface area contributed by atoms with Crippen LogP contribution in [-0.2, 0) is 6.42 Å². The van der Waals surface area contributed by atoms with E-state index in [1.807, 2.05) is 6.07 Å². The summed E-state index contributed by atoms with van der Waals surface area (Å²) < 4.78 is 1.35. The van der Waals surface area contributed by atoms with E-state index in [0.717, 1.165) is 11.4 Å². The average molecular weight is 211 g/mol. The highest BCUT2D eigenvalue weighted by molar-refractivity contribution is 7.17. The van der Waals surface area contributed by atoms with Gasteiger partial charge in [0.25, 0.3) is 0 Å². The normalized spacial score (nSPS) is 11.0. The molecule has 0 spiro atoms. The summed E-state index contributed by atoms with van der Waals surface area (Å²) in [6.07, 6.45) is 1.08. The molecule has 0 N–H and O–H groups in total. The Hall–Kier alpha value is -0.530. The Morgan fingerprint density at radius 2 is 2.15 bits per heavy atom. The second-order valence-electron chi connectivity index (χ2n) is 3.18. The predicted molar refractivity (Wildman–Crippen MR) is 61.0 cm³/mol. The molecule has 0 atom stereocenters. The molecule has 0 radical (unpaired) electrons. The van der Waals surface area contributed by atoms with Crippen LogP contribution in [0.1, 0.15) is 18.1 Å². The molecule has 68 valence electrons. The maximum Gasteiger partial charge on any atom is 0.0495 e. The second-order valence-corrected chi connectivity index (χ2v) is 4.47. The lowest BCUT2D eigenvalue weighted by molar-refractivity contribution is 1.16. The fourth-order valence-corrected chi connectivity index (χ4v) is 3.12. The van der Waals surface area contributed by atoms with Crippen molar-refractivity contribution in [3.63, 3.8) is 0 Å². The largest absolute Gasteiger partial charge is 0.143 e. The fraction of sp³-hybridized carbons (Fsp3) is 0.273. The van der Waals surface area contributed by atoms with E-state index < -0.39 is 0 Å². The van der Waals surface area contributed by atoms with Crippen molar-refractivity contribution in [2.45, 2.75) is 20.3 Å². The van der Waals surface area contributed by atoms with E-state index in [9.17, 15) is 0 Å². The summed E-state index contributed by atoms with van der Waals surface area (Å²) in [4.78, 5) is 0. The number of benzene rings is 1. The Morgan fingerprint density at radius 3 is 2.85 bits per heavy atom. The molecule has 2 heteroatoms. The number of rotatable bonds is 1. The van der Waals surface area contributed by atoms with Gasteiger partial charge < -0.3 is 0 Å². The highest BCUT2D eigenvalue weighted by Crippen LogP contribution is 2.34. The highest BCUT2D eigenvalue weighted by atomic mass is 35.5. The van der Waals surface area contributed by atoms with E-state index in [-0.39, 0.29) is 0 Å². The molecule has 0 saturated carbocycles. The molecule has 0 fully saturated rings. The summed E-state index contributed by atoms with van der Waals surface area (Å²) in [7, 11) is 0. The van der Waals surface area contributed by atoms with Gasteiger partial charge in [0.1, 0.15) is 0 Å². The van der Waals surface area contributed by atoms with Crippen molar-refractivity contribution in [1.29, 1.82) is 0 Å². The molecule has 0 bridgehead atoms. The first kappa shape index (κ1) is 9.04. The molecule has 1 heterocycles. The zero-order valence-corrected chi connectivity index (χ0v) is 9.30. The van der Waals surface area contributed by atoms with E-state index in [2.05, 4.69) is 25.3 Å². The van der Waals surface area contributed by atoms with Crippen LogP contribution in [0.15, 0.2) is 17.5 Å². The summed E-state index contributed by atoms with van der Waals surface area (Å²) in [6, 6.07) is 4.13. The number of hydrogen-bond donors (Lipinski definition) is 0. The van der Waals surface area contributed by atoms with Crippen molar-refractivity contribution in [2.24, 2.45) is 0 Å². The van der Waals surface area contributed by atoms with Crippen molar-refractivity contribution in [3.8, 4) is 0 Å². The van der Waals surface area contributed by atoms with Crippen molar-refractivity contribution >= 4 is 33.0 Å². The van der Waals surface area contributed by atoms with Gasteiger partial charge in [0, 0.05) is 15.1 Å². The predicted octanol–water partition coefficient (Wildman–Crippen LogP) is 4.43. The number of halogens is 1. The lowest BCUT2D eigenvalue weighted by Crippen LogP contribution is -1.80. The monoisotopic (exact) mass is 210 g/mol. The van der Waals surface area contributed by atoms with Crippen LogP contribution in [0.3, 0.4) is 0 Å². The van der Waals surface area contributed by atoms with E-state index in [1.54, 1.807) is 11.3 Å². The summed E-state index contributed by atoms with van der Waals surface area (Å²) >= 11 is 7.93. The van der Waals surface area contributed by atoms with Gasteiger partial charge >= 0.3 is 0 Å². The van der Waals surface area contributed by atoms with Crippen molar-refractivity contribution in [3.05, 3.63) is 33.7 Å². The van der Waals surface area contributed by atoms with Gasteiger partial charge in [0.05, 0.1) is 0 Å². The van der Waals surface area contributed by atoms with Crippen molar-refractivity contribution in [1.82, 2.24) is 0 Å². The van der Waals surface area contributed by atoms with Gasteiger partial charge in [-0.1, -0.05) is 24.6 Å². The Kier molecular flexibility index (Phi) is 2.31. The standard InChI is InChI=1S/C11H11ClS/c1-3-8-4-5-9(12)10-7(2)6-13-11(8)10/h4-6H,3H2,1-2H3. The molecule has 1 aromatic heterocycles. The first-order valence-electron chi connectivity index (χ1n) is 4.39. The van der Waals surface area contributed by atoms with E-state index in [4.69, 9.17) is 11.6 Å². The topological polar surface area (TPSA) is 0 Å². The number of fused-ring (bicyclic) bond motifs is 1. The van der Waals surface area contributed by atoms with Gasteiger partial charge in [0.15, 0.2) is 0 Å². The molecule has 0 amide bonds. The minimum Gasteiger partial charge on any atom is -0.143 e. The summed E-state index contributed by atoms with van der Waals surface area (Å²) in [6.45, 7) is 4.29. The zero-order chi connectivity index (χ0) is 9.42. The summed E-state index contributed by atoms with van der Waals surface area (Å²) in [5.74, 6) is 0. The molecule has 0 aliphatic carbocycles. The molecule has 0 saturated heterocycles. The molecule has 2 aromatic rings. The number of thiophene rings is 1. The zero-order valence-electron chi connectivity index (χ0n) is 7.73. The molecule has 0 unspecified atom stereocenters. The van der Waals surface area contributed by atoms with Crippen molar-refractivity contribution < 1.29 is 0 Å². The maximum atomic E-state index is 6.14. The lowest BCUT2D eigenvalue weighted by atomic mass is 10.1. The van der Waals surface area contributed by atoms with Gasteiger partial charge in [-0.3, -0.25) is 0 Å². The Labute approximate surface area is 87.2 Å². The third-order valence-corrected chi connectivity index (χ3v) is 3.81. The van der Waals surface area contributed by atoms with Crippen LogP contribution in [-0.4, -0.2) is 0 Å². The third kappa shape index (κ3) is 1.36. The first-order valence-corrected chi connectivity index (χ1v) is 5.65. The highest BCUT2D eigenvalue weighted by Gasteiger charge is 2.07. The van der Waals surface area contributed by atoms with Crippen LogP contribution in [0.5, 0.6) is 0 Å². The average Bonchev–Trinajstić information content (AvgIpc) is 2.50. The molecular formula is C11H11ClS. The van der Waals surface area contributed by atoms with Crippen molar-refractivity contribution in [2.75, 3.05) is 0 Å². The first-order chi connectivity index (χ1) is 6.24. The minimum atomic E-state index is 0.881. The molecular weight excluding hydrogens is 200 g/mol. The summed E-state index contributed by atoms with van der Waals surface area (Å²) in [5.41, 5.74) is 2.69. The molecule has 0 aliphatic heterocycles. The van der Waals surface area contributed by atoms with Crippen LogP contribution in [0.4, 0.5) is 0 Å². The molecule has 13 heavy (non-hydrogen) atoms. The maximum absolute atomic E-state index is 6.14. The molecule has 0 aliphatic rings. The fourth-order valence-electron chi connectivity index (χ4n) is 1.59. The number of hydrogen-bond acceptors (Lipinski definition) is 1. The summed E-state index contributed by atoms with van der Waals surface area (Å²) in [5, 5.41) is 4.30. The van der Waals surface area contributed by atoms with Gasteiger partial charge in [0.2, 0.25) is 0 Å². The van der Waals surface area contributed by atoms with Gasteiger partial charge in [-0.15, -0.1) is 11.3 Å². The Morgan fingerprint density at radius 1 is 1.38 bits per heavy atom. The van der Waals surface area contributed by atoms with E-state index in [1.165, 1.54) is 21.2 Å². The third-order valence-electron chi connectivity index (χ3n) is 2.32. The molecule has 0 nitrogen and oxygen atoms in total. The van der Waals surface area contributed by atoms with E-state index in [0.29, 0.717) is 0 Å². The van der Waals surface area contributed by atoms with Crippen LogP contribution >= 0.6 is 22.9 Å². The smallest absolute Gasteiger partial charge is 0.0495 e. The molecule has 1 aromatic carbocycles. The van der Waals surface area contributed by atoms with Crippen LogP contribution in [0.25, 0.3) is 10.1 Å². The van der Waals surface area contributed by atoms with E-state index >= 15 is 0 Å². The quantitative estimate of drug-likeness (QED) is 0.654. The van der Waals surface area contributed by atoms with Crippen LogP contribution in [0.2, 0.25) is 5.02 Å². The lowest BCUT2D eigenvalue weighted by Gasteiger charge is -2.01.